The molecule has 0 saturated carbocycles. The van der Waals surface area contributed by atoms with Gasteiger partial charge in [0.25, 0.3) is 11.8 Å². The third-order valence-electron chi connectivity index (χ3n) is 7.39. The molecule has 1 atom stereocenters. The van der Waals surface area contributed by atoms with Crippen LogP contribution in [0.2, 0.25) is 0 Å². The van der Waals surface area contributed by atoms with Crippen LogP contribution in [0, 0.1) is 11.8 Å². The van der Waals surface area contributed by atoms with Crippen LogP contribution in [0.3, 0.4) is 0 Å². The van der Waals surface area contributed by atoms with Crippen LogP contribution in [0.1, 0.15) is 58.3 Å². The Balaban J connectivity index is 1.11. The zero-order valence-electron chi connectivity index (χ0n) is 21.2. The molecular weight excluding hydrogens is 480 g/mol. The van der Waals surface area contributed by atoms with Crippen LogP contribution >= 0.6 is 11.3 Å². The third kappa shape index (κ3) is 6.10. The number of rotatable bonds is 4. The SMILES string of the molecule is CC(c1ccccc1)N1CCN(C(=O)c2csc(C3CCN(C(=O)C#Cc4ccccc4)CC3)n2)CC1. The van der Waals surface area contributed by atoms with E-state index in [1.165, 1.54) is 5.56 Å². The molecule has 2 fully saturated rings. The van der Waals surface area contributed by atoms with E-state index >= 15 is 0 Å². The number of likely N-dealkylation sites (tertiary alicyclic amines) is 1. The summed E-state index contributed by atoms with van der Waals surface area (Å²) in [5, 5.41) is 2.90. The molecular formula is C30H32N4O2S. The Morgan fingerprint density at radius 1 is 0.892 bits per heavy atom. The number of hydrogen-bond donors (Lipinski definition) is 0. The van der Waals surface area contributed by atoms with Gasteiger partial charge in [-0.1, -0.05) is 54.5 Å². The van der Waals surface area contributed by atoms with Crippen LogP contribution in [0.4, 0.5) is 0 Å². The van der Waals surface area contributed by atoms with Gasteiger partial charge in [0.05, 0.1) is 5.01 Å². The van der Waals surface area contributed by atoms with E-state index in [1.807, 2.05) is 51.6 Å². The van der Waals surface area contributed by atoms with E-state index in [2.05, 4.69) is 47.9 Å². The molecule has 190 valence electrons. The van der Waals surface area contributed by atoms with Gasteiger partial charge in [-0.2, -0.15) is 0 Å². The summed E-state index contributed by atoms with van der Waals surface area (Å²) in [6.07, 6.45) is 1.69. The number of piperazine rings is 1. The Morgan fingerprint density at radius 2 is 1.54 bits per heavy atom. The van der Waals surface area contributed by atoms with Gasteiger partial charge in [-0.3, -0.25) is 14.5 Å². The number of hydrogen-bond acceptors (Lipinski definition) is 5. The highest BCUT2D eigenvalue weighted by Gasteiger charge is 2.29. The monoisotopic (exact) mass is 512 g/mol. The van der Waals surface area contributed by atoms with Crippen molar-refractivity contribution in [3.63, 3.8) is 0 Å². The lowest BCUT2D eigenvalue weighted by Crippen LogP contribution is -2.49. The molecule has 6 nitrogen and oxygen atoms in total. The number of thiazole rings is 1. The summed E-state index contributed by atoms with van der Waals surface area (Å²) in [7, 11) is 0. The average Bonchev–Trinajstić information content (AvgIpc) is 3.47. The lowest BCUT2D eigenvalue weighted by Gasteiger charge is -2.38. The second-order valence-corrected chi connectivity index (χ2v) is 10.6. The summed E-state index contributed by atoms with van der Waals surface area (Å²) < 4.78 is 0. The van der Waals surface area contributed by atoms with Gasteiger partial charge >= 0.3 is 0 Å². The number of aromatic nitrogens is 1. The molecule has 1 aromatic heterocycles. The second kappa shape index (κ2) is 11.7. The molecule has 37 heavy (non-hydrogen) atoms. The molecule has 1 unspecified atom stereocenters. The first-order valence-corrected chi connectivity index (χ1v) is 13.9. The van der Waals surface area contributed by atoms with Gasteiger partial charge in [-0.05, 0) is 37.5 Å². The topological polar surface area (TPSA) is 56.8 Å². The van der Waals surface area contributed by atoms with Crippen molar-refractivity contribution in [2.75, 3.05) is 39.3 Å². The van der Waals surface area contributed by atoms with E-state index in [0.717, 1.165) is 36.5 Å². The summed E-state index contributed by atoms with van der Waals surface area (Å²) in [5.74, 6) is 5.90. The molecule has 2 amide bonds. The zero-order chi connectivity index (χ0) is 25.6. The van der Waals surface area contributed by atoms with Crippen molar-refractivity contribution in [2.24, 2.45) is 0 Å². The van der Waals surface area contributed by atoms with Gasteiger partial charge in [0.15, 0.2) is 0 Å². The minimum Gasteiger partial charge on any atom is -0.335 e. The van der Waals surface area contributed by atoms with Crippen molar-refractivity contribution in [2.45, 2.75) is 31.7 Å². The minimum atomic E-state index is -0.127. The summed E-state index contributed by atoms with van der Waals surface area (Å²) in [6.45, 7) is 6.71. The van der Waals surface area contributed by atoms with E-state index < -0.39 is 0 Å². The molecule has 3 aromatic rings. The van der Waals surface area contributed by atoms with Gasteiger partial charge in [0.2, 0.25) is 0 Å². The van der Waals surface area contributed by atoms with E-state index in [1.54, 1.807) is 11.3 Å². The van der Waals surface area contributed by atoms with Gasteiger partial charge in [-0.25, -0.2) is 4.98 Å². The average molecular weight is 513 g/mol. The van der Waals surface area contributed by atoms with E-state index in [0.29, 0.717) is 37.9 Å². The van der Waals surface area contributed by atoms with Crippen molar-refractivity contribution in [1.29, 1.82) is 0 Å². The van der Waals surface area contributed by atoms with Crippen LogP contribution in [-0.4, -0.2) is 70.8 Å². The van der Waals surface area contributed by atoms with Crippen molar-refractivity contribution >= 4 is 23.2 Å². The highest BCUT2D eigenvalue weighted by atomic mass is 32.1. The molecule has 0 spiro atoms. The maximum atomic E-state index is 13.2. The molecule has 0 radical (unpaired) electrons. The Hall–Kier alpha value is -3.47. The highest BCUT2D eigenvalue weighted by molar-refractivity contribution is 7.09. The molecule has 0 N–H and O–H groups in total. The van der Waals surface area contributed by atoms with Gasteiger partial charge < -0.3 is 9.80 Å². The Labute approximate surface area is 222 Å². The second-order valence-electron chi connectivity index (χ2n) is 9.67. The van der Waals surface area contributed by atoms with E-state index in [4.69, 9.17) is 4.98 Å². The first kappa shape index (κ1) is 25.2. The lowest BCUT2D eigenvalue weighted by atomic mass is 9.97. The first-order valence-electron chi connectivity index (χ1n) is 13.0. The molecule has 2 aliphatic rings. The fraction of sp³-hybridized carbons (Fsp3) is 0.367. The first-order chi connectivity index (χ1) is 18.1. The van der Waals surface area contributed by atoms with Gasteiger partial charge in [0.1, 0.15) is 5.69 Å². The molecule has 3 heterocycles. The normalized spacial score (nSPS) is 17.6. The molecule has 2 saturated heterocycles. The van der Waals surface area contributed by atoms with Crippen LogP contribution in [0.5, 0.6) is 0 Å². The van der Waals surface area contributed by atoms with Crippen LogP contribution in [-0.2, 0) is 4.79 Å². The predicted molar refractivity (Wildman–Crippen MR) is 146 cm³/mol. The number of nitrogens with zero attached hydrogens (tertiary/aromatic N) is 4. The van der Waals surface area contributed by atoms with Crippen molar-refractivity contribution in [1.82, 2.24) is 19.7 Å². The molecule has 0 aliphatic carbocycles. The maximum absolute atomic E-state index is 13.2. The van der Waals surface area contributed by atoms with Crippen molar-refractivity contribution in [3.05, 3.63) is 87.9 Å². The largest absolute Gasteiger partial charge is 0.335 e. The number of benzene rings is 2. The minimum absolute atomic E-state index is 0.0262. The number of amides is 2. The third-order valence-corrected chi connectivity index (χ3v) is 8.40. The van der Waals surface area contributed by atoms with Crippen LogP contribution < -0.4 is 0 Å². The molecule has 0 bridgehead atoms. The summed E-state index contributed by atoms with van der Waals surface area (Å²) in [6, 6.07) is 20.4. The fourth-order valence-corrected chi connectivity index (χ4v) is 6.01. The lowest BCUT2D eigenvalue weighted by molar-refractivity contribution is -0.126. The van der Waals surface area contributed by atoms with E-state index in [9.17, 15) is 9.59 Å². The molecule has 2 aromatic carbocycles. The number of carbonyl (C=O) groups excluding carboxylic acids is 2. The Bertz CT molecular complexity index is 1260. The van der Waals surface area contributed by atoms with Gasteiger partial charge in [-0.15, -0.1) is 11.3 Å². The fourth-order valence-electron chi connectivity index (χ4n) is 5.05. The smallest absolute Gasteiger partial charge is 0.298 e. The van der Waals surface area contributed by atoms with Gasteiger partial charge in [0, 0.05) is 68.1 Å². The number of piperidine rings is 1. The van der Waals surface area contributed by atoms with Crippen LogP contribution in [0.15, 0.2) is 66.0 Å². The van der Waals surface area contributed by atoms with Crippen molar-refractivity contribution in [3.8, 4) is 11.8 Å². The van der Waals surface area contributed by atoms with Crippen LogP contribution in [0.25, 0.3) is 0 Å². The van der Waals surface area contributed by atoms with E-state index in [-0.39, 0.29) is 17.7 Å². The maximum Gasteiger partial charge on any atom is 0.298 e. The van der Waals surface area contributed by atoms with Crippen molar-refractivity contribution < 1.29 is 9.59 Å². The highest BCUT2D eigenvalue weighted by Crippen LogP contribution is 2.31. The predicted octanol–water partition coefficient (Wildman–Crippen LogP) is 4.42. The summed E-state index contributed by atoms with van der Waals surface area (Å²) >= 11 is 1.57. The standard InChI is InChI=1S/C30H32N4O2S/c1-23(25-10-6-3-7-11-25)32-18-20-34(21-19-32)30(36)27-22-37-29(31-27)26-14-16-33(17-15-26)28(35)13-12-24-8-4-2-5-9-24/h2-11,22-23,26H,14-21H2,1H3. The number of carbonyl (C=O) groups is 2. The molecule has 7 heteroatoms. The summed E-state index contributed by atoms with van der Waals surface area (Å²) in [4.78, 5) is 36.6. The Kier molecular flexibility index (Phi) is 7.98. The molecule has 2 aliphatic heterocycles. The summed E-state index contributed by atoms with van der Waals surface area (Å²) in [5.41, 5.74) is 2.71. The Morgan fingerprint density at radius 3 is 2.22 bits per heavy atom. The quantitative estimate of drug-likeness (QED) is 0.486. The molecule has 5 rings (SSSR count). The zero-order valence-corrected chi connectivity index (χ0v) is 22.0.